The van der Waals surface area contributed by atoms with Gasteiger partial charge in [0, 0.05) is 49.6 Å². The number of ether oxygens (including phenoxy) is 2. The fraction of sp³-hybridized carbons (Fsp3) is 0.385. The number of para-hydroxylation sites is 2. The summed E-state index contributed by atoms with van der Waals surface area (Å²) in [6.45, 7) is 7.62. The minimum Gasteiger partial charge on any atom is -0.493 e. The van der Waals surface area contributed by atoms with Gasteiger partial charge < -0.3 is 25.0 Å². The molecule has 2 N–H and O–H groups in total. The number of piperazine rings is 1. The van der Waals surface area contributed by atoms with Gasteiger partial charge in [0.05, 0.1) is 19.9 Å². The largest absolute Gasteiger partial charge is 0.493 e. The molecule has 0 radical (unpaired) electrons. The third-order valence-corrected chi connectivity index (χ3v) is 6.53. The van der Waals surface area contributed by atoms with Crippen LogP contribution in [0.25, 0.3) is 0 Å². The van der Waals surface area contributed by atoms with E-state index in [1.165, 1.54) is 0 Å². The molecule has 8 nitrogen and oxygen atoms in total. The second kappa shape index (κ2) is 13.7. The topological polar surface area (TPSA) is 80.6 Å². The molecule has 2 aliphatic heterocycles. The molecule has 1 amide bonds. The highest BCUT2D eigenvalue weighted by atomic mass is 32.2. The molecule has 0 aliphatic carbocycles. The molecule has 1 unspecified atom stereocenters. The highest BCUT2D eigenvalue weighted by Crippen LogP contribution is 2.25. The zero-order chi connectivity index (χ0) is 25.0. The smallest absolute Gasteiger partial charge is 0.253 e. The first kappa shape index (κ1) is 26.4. The molecule has 2 aromatic carbocycles. The summed E-state index contributed by atoms with van der Waals surface area (Å²) < 4.78 is 12.0. The van der Waals surface area contributed by atoms with Gasteiger partial charge in [0.1, 0.15) is 5.82 Å². The van der Waals surface area contributed by atoms with E-state index in [0.29, 0.717) is 6.04 Å². The number of nitrogens with one attached hydrogen (secondary N) is 2. The van der Waals surface area contributed by atoms with Crippen LogP contribution in [0, 0.1) is 6.92 Å². The SMILES string of the molecule is COc1ccccc1OC.Cc1cc2n(n1)SCC(C)N2.O=C(c1ccccc1)N1CCNCC1. The summed E-state index contributed by atoms with van der Waals surface area (Å²) in [5.74, 6) is 3.90. The molecule has 1 aromatic heterocycles. The molecule has 0 bridgehead atoms. The first-order valence-electron chi connectivity index (χ1n) is 11.7. The lowest BCUT2D eigenvalue weighted by Gasteiger charge is -2.27. The second-order valence-electron chi connectivity index (χ2n) is 8.15. The number of amides is 1. The van der Waals surface area contributed by atoms with Gasteiger partial charge in [0.25, 0.3) is 5.91 Å². The maximum atomic E-state index is 11.9. The first-order chi connectivity index (χ1) is 17.0. The normalized spacial score (nSPS) is 16.3. The predicted octanol–water partition coefficient (Wildman–Crippen LogP) is 3.94. The number of aryl methyl sites for hydroxylation is 1. The lowest BCUT2D eigenvalue weighted by Crippen LogP contribution is -2.46. The molecule has 9 heteroatoms. The fourth-order valence-electron chi connectivity index (χ4n) is 3.57. The molecule has 1 saturated heterocycles. The van der Waals surface area contributed by atoms with E-state index < -0.39 is 0 Å². The van der Waals surface area contributed by atoms with Gasteiger partial charge in [-0.25, -0.2) is 0 Å². The van der Waals surface area contributed by atoms with Crippen molar-refractivity contribution in [3.63, 3.8) is 0 Å². The number of fused-ring (bicyclic) bond motifs is 1. The van der Waals surface area contributed by atoms with Crippen molar-refractivity contribution in [3.05, 3.63) is 71.9 Å². The maximum absolute atomic E-state index is 11.9. The van der Waals surface area contributed by atoms with Crippen LogP contribution in [0.5, 0.6) is 11.5 Å². The van der Waals surface area contributed by atoms with Gasteiger partial charge >= 0.3 is 0 Å². The Morgan fingerprint density at radius 2 is 1.60 bits per heavy atom. The van der Waals surface area contributed by atoms with Gasteiger partial charge in [0.15, 0.2) is 11.5 Å². The molecule has 188 valence electrons. The zero-order valence-electron chi connectivity index (χ0n) is 20.9. The number of hydrogen-bond donors (Lipinski definition) is 2. The van der Waals surface area contributed by atoms with Crippen molar-refractivity contribution in [2.24, 2.45) is 0 Å². The number of rotatable bonds is 3. The maximum Gasteiger partial charge on any atom is 0.253 e. The van der Waals surface area contributed by atoms with Crippen molar-refractivity contribution in [2.75, 3.05) is 51.5 Å². The molecule has 5 rings (SSSR count). The van der Waals surface area contributed by atoms with Gasteiger partial charge in [-0.1, -0.05) is 30.3 Å². The lowest BCUT2D eigenvalue weighted by molar-refractivity contribution is 0.0736. The Balaban J connectivity index is 0.000000149. The molecule has 3 heterocycles. The summed E-state index contributed by atoms with van der Waals surface area (Å²) in [6.07, 6.45) is 0. The van der Waals surface area contributed by atoms with Crippen molar-refractivity contribution in [1.29, 1.82) is 0 Å². The summed E-state index contributed by atoms with van der Waals surface area (Å²) in [4.78, 5) is 13.8. The van der Waals surface area contributed by atoms with Gasteiger partial charge in [-0.05, 0) is 50.1 Å². The van der Waals surface area contributed by atoms with E-state index in [1.807, 2.05) is 70.5 Å². The van der Waals surface area contributed by atoms with E-state index in [-0.39, 0.29) is 5.91 Å². The Kier molecular flexibility index (Phi) is 10.3. The van der Waals surface area contributed by atoms with E-state index in [1.54, 1.807) is 26.2 Å². The van der Waals surface area contributed by atoms with Crippen LogP contribution in [0.2, 0.25) is 0 Å². The monoisotopic (exact) mass is 497 g/mol. The molecule has 0 spiro atoms. The van der Waals surface area contributed by atoms with Crippen LogP contribution >= 0.6 is 11.9 Å². The van der Waals surface area contributed by atoms with Crippen molar-refractivity contribution in [3.8, 4) is 11.5 Å². The molecule has 1 atom stereocenters. The van der Waals surface area contributed by atoms with Crippen LogP contribution in [0.1, 0.15) is 23.0 Å². The van der Waals surface area contributed by atoms with Crippen molar-refractivity contribution >= 4 is 23.7 Å². The predicted molar refractivity (Wildman–Crippen MR) is 143 cm³/mol. The van der Waals surface area contributed by atoms with Gasteiger partial charge in [0.2, 0.25) is 0 Å². The van der Waals surface area contributed by atoms with Crippen molar-refractivity contribution in [2.45, 2.75) is 19.9 Å². The summed E-state index contributed by atoms with van der Waals surface area (Å²) in [5.41, 5.74) is 1.86. The number of aromatic nitrogens is 2. The Morgan fingerprint density at radius 1 is 1.00 bits per heavy atom. The Morgan fingerprint density at radius 3 is 2.20 bits per heavy atom. The second-order valence-corrected chi connectivity index (χ2v) is 9.09. The molecular formula is C26H35N5O3S. The van der Waals surface area contributed by atoms with Crippen LogP contribution in [0.3, 0.4) is 0 Å². The molecule has 3 aromatic rings. The third kappa shape index (κ3) is 7.93. The average molecular weight is 498 g/mol. The Hall–Kier alpha value is -3.17. The highest BCUT2D eigenvalue weighted by Gasteiger charge is 2.17. The van der Waals surface area contributed by atoms with E-state index in [4.69, 9.17) is 9.47 Å². The molecule has 1 fully saturated rings. The lowest BCUT2D eigenvalue weighted by atomic mass is 10.2. The standard InChI is InChI=1S/C11H14N2O.C8H10O2.C7H11N3S/c14-11(10-4-2-1-3-5-10)13-8-6-12-7-9-13;1-9-7-5-3-4-6-8(7)10-2;1-5-3-7-8-6(2)4-11-10(7)9-5/h1-5,12H,6-9H2;3-6H,1-2H3;3,6,8H,4H2,1-2H3. The van der Waals surface area contributed by atoms with E-state index in [0.717, 1.165) is 60.5 Å². The number of hydrogen-bond acceptors (Lipinski definition) is 7. The minimum atomic E-state index is 0.145. The molecule has 35 heavy (non-hydrogen) atoms. The Labute approximate surface area is 212 Å². The van der Waals surface area contributed by atoms with Gasteiger partial charge in [-0.3, -0.25) is 4.79 Å². The fourth-order valence-corrected chi connectivity index (χ4v) is 4.45. The van der Waals surface area contributed by atoms with E-state index in [2.05, 4.69) is 28.7 Å². The first-order valence-corrected chi connectivity index (χ1v) is 12.6. The quantitative estimate of drug-likeness (QED) is 0.567. The zero-order valence-corrected chi connectivity index (χ0v) is 21.7. The van der Waals surface area contributed by atoms with Gasteiger partial charge in [-0.15, -0.1) is 0 Å². The van der Waals surface area contributed by atoms with Crippen LogP contribution in [-0.2, 0) is 0 Å². The molecular weight excluding hydrogens is 462 g/mol. The van der Waals surface area contributed by atoms with Crippen molar-refractivity contribution < 1.29 is 14.3 Å². The number of nitrogens with zero attached hydrogens (tertiary/aromatic N) is 3. The third-order valence-electron chi connectivity index (χ3n) is 5.36. The van der Waals surface area contributed by atoms with Crippen LogP contribution in [0.4, 0.5) is 5.82 Å². The highest BCUT2D eigenvalue weighted by molar-refractivity contribution is 7.97. The summed E-state index contributed by atoms with van der Waals surface area (Å²) in [5, 5.41) is 10.9. The molecule has 0 saturated carbocycles. The number of benzene rings is 2. The summed E-state index contributed by atoms with van der Waals surface area (Å²) in [6, 6.07) is 19.6. The Bertz CT molecular complexity index is 1030. The summed E-state index contributed by atoms with van der Waals surface area (Å²) in [7, 11) is 3.25. The van der Waals surface area contributed by atoms with Crippen LogP contribution < -0.4 is 20.1 Å². The van der Waals surface area contributed by atoms with Crippen LogP contribution in [-0.4, -0.2) is 72.2 Å². The van der Waals surface area contributed by atoms with E-state index in [9.17, 15) is 4.79 Å². The number of carbonyl (C=O) groups excluding carboxylic acids is 1. The number of anilines is 1. The molecule has 2 aliphatic rings. The minimum absolute atomic E-state index is 0.145. The van der Waals surface area contributed by atoms with Gasteiger partial charge in [-0.2, -0.15) is 9.19 Å². The van der Waals surface area contributed by atoms with Crippen LogP contribution in [0.15, 0.2) is 60.7 Å². The van der Waals surface area contributed by atoms with E-state index >= 15 is 0 Å². The summed E-state index contributed by atoms with van der Waals surface area (Å²) >= 11 is 1.76. The van der Waals surface area contributed by atoms with Crippen molar-refractivity contribution in [1.82, 2.24) is 19.4 Å². The number of methoxy groups -OCH3 is 2. The average Bonchev–Trinajstić information content (AvgIpc) is 3.29. The number of carbonyl (C=O) groups is 1.